The van der Waals surface area contributed by atoms with Crippen molar-refractivity contribution in [1.29, 1.82) is 0 Å². The summed E-state index contributed by atoms with van der Waals surface area (Å²) in [7, 11) is 3.42. The van der Waals surface area contributed by atoms with Gasteiger partial charge in [0.1, 0.15) is 0 Å². The van der Waals surface area contributed by atoms with Crippen LogP contribution < -0.4 is 5.32 Å². The van der Waals surface area contributed by atoms with Crippen LogP contribution in [0.1, 0.15) is 18.4 Å². The number of likely N-dealkylation sites (tertiary alicyclic amines) is 1. The molecular formula is C16H24N2O3. The van der Waals surface area contributed by atoms with Gasteiger partial charge in [-0.2, -0.15) is 0 Å². The van der Waals surface area contributed by atoms with Gasteiger partial charge in [0.25, 0.3) is 0 Å². The number of carbonyl (C=O) groups is 1. The van der Waals surface area contributed by atoms with Gasteiger partial charge in [0.05, 0.1) is 6.10 Å². The van der Waals surface area contributed by atoms with E-state index in [0.717, 1.165) is 31.5 Å². The Kier molecular flexibility index (Phi) is 5.33. The smallest absolute Gasteiger partial charge is 0.329 e. The summed E-state index contributed by atoms with van der Waals surface area (Å²) in [5, 5.41) is 12.8. The van der Waals surface area contributed by atoms with Crippen molar-refractivity contribution < 1.29 is 14.6 Å². The first-order valence-electron chi connectivity index (χ1n) is 7.35. The number of ether oxygens (including phenoxy) is 1. The summed E-state index contributed by atoms with van der Waals surface area (Å²) in [5.74, 6) is -0.851. The number of nitrogens with one attached hydrogen (secondary N) is 1. The number of hydrogen-bond donors (Lipinski definition) is 2. The largest absolute Gasteiger partial charge is 0.480 e. The zero-order valence-electron chi connectivity index (χ0n) is 12.7. The van der Waals surface area contributed by atoms with Crippen LogP contribution in [-0.2, 0) is 15.1 Å². The predicted molar refractivity (Wildman–Crippen MR) is 81.3 cm³/mol. The van der Waals surface area contributed by atoms with Crippen molar-refractivity contribution in [2.24, 2.45) is 0 Å². The van der Waals surface area contributed by atoms with Crippen LogP contribution in [0.3, 0.4) is 0 Å². The third-order valence-corrected chi connectivity index (χ3v) is 4.31. The molecule has 2 unspecified atom stereocenters. The Hall–Kier alpha value is -1.43. The maximum atomic E-state index is 12.0. The van der Waals surface area contributed by atoms with E-state index in [0.29, 0.717) is 6.54 Å². The van der Waals surface area contributed by atoms with Crippen molar-refractivity contribution in [3.63, 3.8) is 0 Å². The third kappa shape index (κ3) is 3.43. The molecule has 1 aromatic carbocycles. The number of rotatable bonds is 6. The maximum absolute atomic E-state index is 12.0. The Labute approximate surface area is 125 Å². The van der Waals surface area contributed by atoms with Gasteiger partial charge < -0.3 is 15.2 Å². The molecular weight excluding hydrogens is 268 g/mol. The van der Waals surface area contributed by atoms with Crippen molar-refractivity contribution in [2.75, 3.05) is 33.8 Å². The monoisotopic (exact) mass is 292 g/mol. The fourth-order valence-corrected chi connectivity index (χ4v) is 3.02. The molecule has 2 atom stereocenters. The molecule has 5 nitrogen and oxygen atoms in total. The van der Waals surface area contributed by atoms with E-state index >= 15 is 0 Å². The normalized spacial score (nSPS) is 22.7. The molecule has 5 heteroatoms. The van der Waals surface area contributed by atoms with E-state index < -0.39 is 11.5 Å². The van der Waals surface area contributed by atoms with Crippen LogP contribution in [0, 0.1) is 0 Å². The number of aliphatic carboxylic acids is 1. The van der Waals surface area contributed by atoms with Crippen LogP contribution >= 0.6 is 0 Å². The van der Waals surface area contributed by atoms with Crippen LogP contribution in [0.2, 0.25) is 0 Å². The number of hydrogen-bond acceptors (Lipinski definition) is 4. The molecule has 1 aliphatic rings. The fourth-order valence-electron chi connectivity index (χ4n) is 3.02. The van der Waals surface area contributed by atoms with E-state index in [9.17, 15) is 9.90 Å². The van der Waals surface area contributed by atoms with Gasteiger partial charge in [-0.15, -0.1) is 0 Å². The first-order chi connectivity index (χ1) is 10.1. The first-order valence-corrected chi connectivity index (χ1v) is 7.35. The molecule has 1 heterocycles. The van der Waals surface area contributed by atoms with E-state index in [1.807, 2.05) is 30.3 Å². The summed E-state index contributed by atoms with van der Waals surface area (Å²) in [6, 6.07) is 9.37. The van der Waals surface area contributed by atoms with Crippen molar-refractivity contribution in [2.45, 2.75) is 24.5 Å². The van der Waals surface area contributed by atoms with E-state index in [1.54, 1.807) is 14.2 Å². The molecule has 0 aromatic heterocycles. The van der Waals surface area contributed by atoms with Crippen LogP contribution in [0.15, 0.2) is 30.3 Å². The minimum Gasteiger partial charge on any atom is -0.480 e. The van der Waals surface area contributed by atoms with Gasteiger partial charge in [-0.1, -0.05) is 30.3 Å². The van der Waals surface area contributed by atoms with E-state index in [1.165, 1.54) is 0 Å². The highest BCUT2D eigenvalue weighted by atomic mass is 16.5. The predicted octanol–water partition coefficient (Wildman–Crippen LogP) is 1.30. The SMILES string of the molecule is CNC(CN1CCCC(OC)C1)(C(=O)O)c1ccccc1. The maximum Gasteiger partial charge on any atom is 0.329 e. The summed E-state index contributed by atoms with van der Waals surface area (Å²) in [6.07, 6.45) is 2.27. The van der Waals surface area contributed by atoms with Crippen LogP contribution in [0.4, 0.5) is 0 Å². The highest BCUT2D eigenvalue weighted by Crippen LogP contribution is 2.25. The Morgan fingerprint density at radius 2 is 2.19 bits per heavy atom. The number of methoxy groups -OCH3 is 1. The molecule has 21 heavy (non-hydrogen) atoms. The third-order valence-electron chi connectivity index (χ3n) is 4.31. The molecule has 0 aliphatic carbocycles. The fraction of sp³-hybridized carbons (Fsp3) is 0.562. The van der Waals surface area contributed by atoms with Gasteiger partial charge in [-0.3, -0.25) is 4.90 Å². The minimum absolute atomic E-state index is 0.192. The lowest BCUT2D eigenvalue weighted by Gasteiger charge is -2.39. The van der Waals surface area contributed by atoms with Gasteiger partial charge in [0.15, 0.2) is 5.54 Å². The minimum atomic E-state index is -1.09. The van der Waals surface area contributed by atoms with E-state index in [4.69, 9.17) is 4.74 Å². The quantitative estimate of drug-likeness (QED) is 0.827. The number of likely N-dealkylation sites (N-methyl/N-ethyl adjacent to an activating group) is 1. The van der Waals surface area contributed by atoms with Gasteiger partial charge in [0, 0.05) is 20.2 Å². The number of benzene rings is 1. The first kappa shape index (κ1) is 15.9. The van der Waals surface area contributed by atoms with Crippen molar-refractivity contribution in [1.82, 2.24) is 10.2 Å². The standard InChI is InChI=1S/C16H24N2O3/c1-17-16(15(19)20,13-7-4-3-5-8-13)12-18-10-6-9-14(11-18)21-2/h3-5,7-8,14,17H,6,9-12H2,1-2H3,(H,19,20). The molecule has 1 fully saturated rings. The van der Waals surface area contributed by atoms with Crippen molar-refractivity contribution in [3.05, 3.63) is 35.9 Å². The second kappa shape index (κ2) is 7.02. The molecule has 1 aliphatic heterocycles. The summed E-state index contributed by atoms with van der Waals surface area (Å²) in [4.78, 5) is 14.1. The molecule has 0 radical (unpaired) electrons. The highest BCUT2D eigenvalue weighted by molar-refractivity contribution is 5.81. The van der Waals surface area contributed by atoms with Crippen molar-refractivity contribution >= 4 is 5.97 Å². The Bertz CT molecular complexity index is 466. The highest BCUT2D eigenvalue weighted by Gasteiger charge is 2.41. The van der Waals surface area contributed by atoms with Crippen LogP contribution in [0.5, 0.6) is 0 Å². The number of nitrogens with zero attached hydrogens (tertiary/aromatic N) is 1. The lowest BCUT2D eigenvalue weighted by molar-refractivity contribution is -0.146. The van der Waals surface area contributed by atoms with Crippen LogP contribution in [-0.4, -0.2) is 55.9 Å². The zero-order chi connectivity index (χ0) is 15.3. The number of piperidine rings is 1. The van der Waals surface area contributed by atoms with Gasteiger partial charge >= 0.3 is 5.97 Å². The van der Waals surface area contributed by atoms with E-state index in [-0.39, 0.29) is 6.10 Å². The molecule has 2 N–H and O–H groups in total. The van der Waals surface area contributed by atoms with Crippen LogP contribution in [0.25, 0.3) is 0 Å². The Morgan fingerprint density at radius 3 is 2.76 bits per heavy atom. The Morgan fingerprint density at radius 1 is 1.48 bits per heavy atom. The summed E-state index contributed by atoms with van der Waals surface area (Å²) in [6.45, 7) is 2.12. The second-order valence-corrected chi connectivity index (χ2v) is 5.56. The average Bonchev–Trinajstić information content (AvgIpc) is 2.53. The molecule has 116 valence electrons. The average molecular weight is 292 g/mol. The summed E-state index contributed by atoms with van der Waals surface area (Å²) in [5.41, 5.74) is -0.309. The molecule has 1 saturated heterocycles. The second-order valence-electron chi connectivity index (χ2n) is 5.56. The zero-order valence-corrected chi connectivity index (χ0v) is 12.7. The van der Waals surface area contributed by atoms with Gasteiger partial charge in [-0.05, 0) is 32.0 Å². The molecule has 2 rings (SSSR count). The lowest BCUT2D eigenvalue weighted by atomic mass is 9.88. The summed E-state index contributed by atoms with van der Waals surface area (Å²) >= 11 is 0. The molecule has 0 amide bonds. The summed E-state index contributed by atoms with van der Waals surface area (Å²) < 4.78 is 5.43. The molecule has 0 spiro atoms. The Balaban J connectivity index is 2.23. The number of carboxylic acids is 1. The molecule has 0 bridgehead atoms. The van der Waals surface area contributed by atoms with E-state index in [2.05, 4.69) is 10.2 Å². The van der Waals surface area contributed by atoms with Gasteiger partial charge in [0.2, 0.25) is 0 Å². The molecule has 1 aromatic rings. The topological polar surface area (TPSA) is 61.8 Å². The lowest BCUT2D eigenvalue weighted by Crippen LogP contribution is -2.57. The number of carboxylic acid groups (broad SMARTS) is 1. The van der Waals surface area contributed by atoms with Gasteiger partial charge in [-0.25, -0.2) is 4.79 Å². The van der Waals surface area contributed by atoms with Crippen molar-refractivity contribution in [3.8, 4) is 0 Å². The molecule has 0 saturated carbocycles.